The Morgan fingerprint density at radius 1 is 1.32 bits per heavy atom. The summed E-state index contributed by atoms with van der Waals surface area (Å²) >= 11 is 0. The van der Waals surface area contributed by atoms with Gasteiger partial charge < -0.3 is 15.8 Å². The molecule has 0 atom stereocenters. The highest BCUT2D eigenvalue weighted by molar-refractivity contribution is 5.91. The monoisotopic (exact) mass is 308 g/mol. The number of hydrogen-bond acceptors (Lipinski definition) is 3. The summed E-state index contributed by atoms with van der Waals surface area (Å²) in [7, 11) is 1.38. The molecule has 0 bridgehead atoms. The number of benzene rings is 1. The Hall–Kier alpha value is -2.11. The van der Waals surface area contributed by atoms with E-state index in [2.05, 4.69) is 5.32 Å². The normalized spacial score (nSPS) is 16.8. The fraction of sp³-hybridized carbons (Fsp3) is 0.500. The van der Waals surface area contributed by atoms with Crippen molar-refractivity contribution in [2.45, 2.75) is 44.1 Å². The van der Waals surface area contributed by atoms with E-state index in [1.54, 1.807) is 6.07 Å². The molecule has 1 aromatic rings. The lowest BCUT2D eigenvalue weighted by molar-refractivity contribution is -0.132. The van der Waals surface area contributed by atoms with E-state index in [1.165, 1.54) is 19.2 Å². The molecule has 1 aromatic carbocycles. The molecule has 0 unspecified atom stereocenters. The van der Waals surface area contributed by atoms with Crippen LogP contribution in [0.15, 0.2) is 18.2 Å². The first-order chi connectivity index (χ1) is 10.5. The van der Waals surface area contributed by atoms with Gasteiger partial charge in [-0.25, -0.2) is 4.39 Å². The highest BCUT2D eigenvalue weighted by Crippen LogP contribution is 2.28. The Balaban J connectivity index is 2.05. The molecule has 2 rings (SSSR count). The van der Waals surface area contributed by atoms with Gasteiger partial charge in [-0.05, 0) is 30.5 Å². The van der Waals surface area contributed by atoms with E-state index in [1.807, 2.05) is 0 Å². The number of hydrogen-bond donors (Lipinski definition) is 2. The van der Waals surface area contributed by atoms with Crippen LogP contribution in [0.1, 0.15) is 37.7 Å². The van der Waals surface area contributed by atoms with Crippen molar-refractivity contribution in [3.8, 4) is 5.75 Å². The second kappa shape index (κ2) is 6.77. The molecule has 120 valence electrons. The van der Waals surface area contributed by atoms with Crippen LogP contribution < -0.4 is 15.8 Å². The average Bonchev–Trinajstić information content (AvgIpc) is 2.48. The van der Waals surface area contributed by atoms with Crippen molar-refractivity contribution < 1.29 is 18.7 Å². The SMILES string of the molecule is COc1ccc(CC(=O)NC2(C(N)=O)CCCCC2)cc1F. The molecule has 1 saturated carbocycles. The number of rotatable bonds is 5. The number of carbonyl (C=O) groups excluding carboxylic acids is 2. The summed E-state index contributed by atoms with van der Waals surface area (Å²) in [5.41, 5.74) is 5.04. The number of nitrogens with one attached hydrogen (secondary N) is 1. The Kier molecular flexibility index (Phi) is 5.00. The third kappa shape index (κ3) is 3.55. The van der Waals surface area contributed by atoms with Gasteiger partial charge >= 0.3 is 0 Å². The lowest BCUT2D eigenvalue weighted by Crippen LogP contribution is -2.58. The van der Waals surface area contributed by atoms with Gasteiger partial charge in [-0.2, -0.15) is 0 Å². The maximum absolute atomic E-state index is 13.6. The van der Waals surface area contributed by atoms with Crippen LogP contribution in [0.2, 0.25) is 0 Å². The van der Waals surface area contributed by atoms with Gasteiger partial charge in [0.2, 0.25) is 11.8 Å². The predicted octanol–water partition coefficient (Wildman–Crippen LogP) is 1.68. The molecule has 0 heterocycles. The summed E-state index contributed by atoms with van der Waals surface area (Å²) in [6.07, 6.45) is 3.88. The van der Waals surface area contributed by atoms with Crippen molar-refractivity contribution in [3.05, 3.63) is 29.6 Å². The van der Waals surface area contributed by atoms with Crippen LogP contribution in [0.4, 0.5) is 4.39 Å². The van der Waals surface area contributed by atoms with Gasteiger partial charge in [0.15, 0.2) is 11.6 Å². The van der Waals surface area contributed by atoms with Gasteiger partial charge in [0.25, 0.3) is 0 Å². The van der Waals surface area contributed by atoms with Gasteiger partial charge in [-0.15, -0.1) is 0 Å². The molecule has 6 heteroatoms. The second-order valence-electron chi connectivity index (χ2n) is 5.70. The van der Waals surface area contributed by atoms with Crippen LogP contribution in [0, 0.1) is 5.82 Å². The maximum atomic E-state index is 13.6. The minimum Gasteiger partial charge on any atom is -0.494 e. The summed E-state index contributed by atoms with van der Waals surface area (Å²) in [5.74, 6) is -1.22. The number of nitrogens with two attached hydrogens (primary N) is 1. The summed E-state index contributed by atoms with van der Waals surface area (Å²) in [6, 6.07) is 4.36. The molecule has 0 aromatic heterocycles. The average molecular weight is 308 g/mol. The first kappa shape index (κ1) is 16.3. The minimum absolute atomic E-state index is 0.00402. The highest BCUT2D eigenvalue weighted by Gasteiger charge is 2.39. The first-order valence-electron chi connectivity index (χ1n) is 7.40. The molecule has 2 amide bonds. The molecular weight excluding hydrogens is 287 g/mol. The third-order valence-corrected chi connectivity index (χ3v) is 4.14. The molecule has 0 aliphatic heterocycles. The summed E-state index contributed by atoms with van der Waals surface area (Å²) in [6.45, 7) is 0. The summed E-state index contributed by atoms with van der Waals surface area (Å²) in [4.78, 5) is 23.9. The van der Waals surface area contributed by atoms with Crippen LogP contribution >= 0.6 is 0 Å². The molecule has 0 saturated heterocycles. The second-order valence-corrected chi connectivity index (χ2v) is 5.70. The number of methoxy groups -OCH3 is 1. The smallest absolute Gasteiger partial charge is 0.243 e. The van der Waals surface area contributed by atoms with E-state index < -0.39 is 17.3 Å². The van der Waals surface area contributed by atoms with Gasteiger partial charge in [0.1, 0.15) is 5.54 Å². The van der Waals surface area contributed by atoms with Crippen LogP contribution in [-0.4, -0.2) is 24.5 Å². The molecule has 3 N–H and O–H groups in total. The van der Waals surface area contributed by atoms with Crippen molar-refractivity contribution in [2.24, 2.45) is 5.73 Å². The highest BCUT2D eigenvalue weighted by atomic mass is 19.1. The number of primary amides is 1. The lowest BCUT2D eigenvalue weighted by Gasteiger charge is -2.35. The number of halogens is 1. The van der Waals surface area contributed by atoms with E-state index in [0.717, 1.165) is 19.3 Å². The zero-order valence-electron chi connectivity index (χ0n) is 12.7. The van der Waals surface area contributed by atoms with E-state index >= 15 is 0 Å². The van der Waals surface area contributed by atoms with Gasteiger partial charge in [0, 0.05) is 0 Å². The van der Waals surface area contributed by atoms with E-state index in [-0.39, 0.29) is 18.1 Å². The standard InChI is InChI=1S/C16H21FN2O3/c1-22-13-6-5-11(9-12(13)17)10-14(20)19-16(15(18)21)7-3-2-4-8-16/h5-6,9H,2-4,7-8,10H2,1H3,(H2,18,21)(H,19,20). The van der Waals surface area contributed by atoms with Gasteiger partial charge in [0.05, 0.1) is 13.5 Å². The van der Waals surface area contributed by atoms with Gasteiger partial charge in [-0.3, -0.25) is 9.59 Å². The van der Waals surface area contributed by atoms with Crippen LogP contribution in [0.25, 0.3) is 0 Å². The van der Waals surface area contributed by atoms with Gasteiger partial charge in [-0.1, -0.05) is 25.3 Å². The van der Waals surface area contributed by atoms with E-state index in [4.69, 9.17) is 10.5 Å². The molecule has 1 fully saturated rings. The first-order valence-corrected chi connectivity index (χ1v) is 7.40. The molecule has 5 nitrogen and oxygen atoms in total. The van der Waals surface area contributed by atoms with Crippen molar-refractivity contribution in [1.29, 1.82) is 0 Å². The molecule has 1 aliphatic rings. The van der Waals surface area contributed by atoms with E-state index in [0.29, 0.717) is 18.4 Å². The van der Waals surface area contributed by atoms with E-state index in [9.17, 15) is 14.0 Å². The minimum atomic E-state index is -0.958. The Labute approximate surface area is 129 Å². The van der Waals surface area contributed by atoms with Crippen molar-refractivity contribution in [1.82, 2.24) is 5.32 Å². The zero-order valence-corrected chi connectivity index (χ0v) is 12.7. The topological polar surface area (TPSA) is 81.4 Å². The van der Waals surface area contributed by atoms with Crippen molar-refractivity contribution in [2.75, 3.05) is 7.11 Å². The molecule has 1 aliphatic carbocycles. The molecular formula is C16H21FN2O3. The summed E-state index contributed by atoms with van der Waals surface area (Å²) in [5, 5.41) is 2.76. The number of ether oxygens (including phenoxy) is 1. The Morgan fingerprint density at radius 3 is 2.55 bits per heavy atom. The quantitative estimate of drug-likeness (QED) is 0.868. The molecule has 22 heavy (non-hydrogen) atoms. The zero-order chi connectivity index (χ0) is 16.2. The maximum Gasteiger partial charge on any atom is 0.243 e. The fourth-order valence-corrected chi connectivity index (χ4v) is 2.90. The van der Waals surface area contributed by atoms with Crippen molar-refractivity contribution >= 4 is 11.8 Å². The Bertz CT molecular complexity index is 569. The largest absolute Gasteiger partial charge is 0.494 e. The summed E-state index contributed by atoms with van der Waals surface area (Å²) < 4.78 is 18.5. The fourth-order valence-electron chi connectivity index (χ4n) is 2.90. The Morgan fingerprint density at radius 2 is 2.00 bits per heavy atom. The number of amides is 2. The van der Waals surface area contributed by atoms with Crippen LogP contribution in [0.3, 0.4) is 0 Å². The predicted molar refractivity (Wildman–Crippen MR) is 79.8 cm³/mol. The third-order valence-electron chi connectivity index (χ3n) is 4.14. The lowest BCUT2D eigenvalue weighted by atomic mass is 9.81. The molecule has 0 radical (unpaired) electrons. The number of carbonyl (C=O) groups is 2. The van der Waals surface area contributed by atoms with Crippen molar-refractivity contribution in [3.63, 3.8) is 0 Å². The molecule has 0 spiro atoms. The van der Waals surface area contributed by atoms with Crippen LogP contribution in [0.5, 0.6) is 5.75 Å². The van der Waals surface area contributed by atoms with Crippen LogP contribution in [-0.2, 0) is 16.0 Å².